The van der Waals surface area contributed by atoms with Gasteiger partial charge in [-0.15, -0.1) is 0 Å². The third-order valence-corrected chi connectivity index (χ3v) is 4.53. The molecule has 0 saturated carbocycles. The second-order valence-electron chi connectivity index (χ2n) is 4.79. The van der Waals surface area contributed by atoms with E-state index in [4.69, 9.17) is 16.7 Å². The molecule has 112 valence electrons. The maximum absolute atomic E-state index is 11.3. The Morgan fingerprint density at radius 1 is 1.29 bits per heavy atom. The summed E-state index contributed by atoms with van der Waals surface area (Å²) in [5, 5.41) is 8.40. The quantitative estimate of drug-likeness (QED) is 0.904. The molecule has 1 aromatic carbocycles. The van der Waals surface area contributed by atoms with Crippen molar-refractivity contribution in [2.45, 2.75) is 25.3 Å². The number of nitrogens with two attached hydrogens (primary N) is 1. The third kappa shape index (κ3) is 3.93. The first-order valence-electron chi connectivity index (χ1n) is 6.26. The molecule has 0 aliphatic heterocycles. The molecule has 0 aliphatic carbocycles. The number of aromatic nitrogens is 1. The van der Waals surface area contributed by atoms with Gasteiger partial charge in [0.1, 0.15) is 4.90 Å². The molecular formula is C14H16ClN3O2S. The Labute approximate surface area is 129 Å². The fraction of sp³-hybridized carbons (Fsp3) is 0.214. The van der Waals surface area contributed by atoms with Crippen LogP contribution < -0.4 is 10.5 Å². The molecule has 21 heavy (non-hydrogen) atoms. The van der Waals surface area contributed by atoms with E-state index in [2.05, 4.69) is 10.3 Å². The van der Waals surface area contributed by atoms with Crippen LogP contribution in [0, 0.1) is 13.8 Å². The van der Waals surface area contributed by atoms with Crippen LogP contribution >= 0.6 is 11.6 Å². The summed E-state index contributed by atoms with van der Waals surface area (Å²) >= 11 is 5.94. The van der Waals surface area contributed by atoms with Gasteiger partial charge in [-0.1, -0.05) is 17.7 Å². The highest BCUT2D eigenvalue weighted by Gasteiger charge is 2.12. The topological polar surface area (TPSA) is 85.1 Å². The number of hydrogen-bond donors (Lipinski definition) is 2. The van der Waals surface area contributed by atoms with Crippen LogP contribution in [0.3, 0.4) is 0 Å². The zero-order valence-electron chi connectivity index (χ0n) is 11.7. The highest BCUT2D eigenvalue weighted by atomic mass is 35.5. The molecule has 5 nitrogen and oxygen atoms in total. The standard InChI is InChI=1S/C14H16ClN3O2S/c1-9-5-12(8-17-10(9)2)18-7-11-3-4-14(13(15)6-11)21(16,19)20/h3-6,8,18H,7H2,1-2H3,(H2,16,19,20). The first kappa shape index (κ1) is 15.8. The van der Waals surface area contributed by atoms with Gasteiger partial charge in [0, 0.05) is 12.2 Å². The maximum Gasteiger partial charge on any atom is 0.239 e. The first-order chi connectivity index (χ1) is 9.77. The summed E-state index contributed by atoms with van der Waals surface area (Å²) in [5.41, 5.74) is 3.83. The Morgan fingerprint density at radius 2 is 2.00 bits per heavy atom. The van der Waals surface area contributed by atoms with Gasteiger partial charge in [-0.3, -0.25) is 4.98 Å². The van der Waals surface area contributed by atoms with Gasteiger partial charge < -0.3 is 5.32 Å². The van der Waals surface area contributed by atoms with Crippen molar-refractivity contribution in [3.8, 4) is 0 Å². The second kappa shape index (κ2) is 6.01. The molecule has 2 aromatic rings. The molecule has 0 bridgehead atoms. The lowest BCUT2D eigenvalue weighted by Crippen LogP contribution is -2.13. The molecule has 7 heteroatoms. The Balaban J connectivity index is 2.14. The molecule has 0 amide bonds. The number of aryl methyl sites for hydroxylation is 2. The molecule has 0 aliphatic rings. The van der Waals surface area contributed by atoms with E-state index < -0.39 is 10.0 Å². The van der Waals surface area contributed by atoms with E-state index in [0.29, 0.717) is 6.54 Å². The van der Waals surface area contributed by atoms with Gasteiger partial charge in [0.15, 0.2) is 0 Å². The van der Waals surface area contributed by atoms with Gasteiger partial charge in [0.2, 0.25) is 10.0 Å². The van der Waals surface area contributed by atoms with E-state index in [1.54, 1.807) is 18.3 Å². The Kier molecular flexibility index (Phi) is 4.51. The molecule has 0 radical (unpaired) electrons. The molecule has 1 aromatic heterocycles. The van der Waals surface area contributed by atoms with Crippen LogP contribution in [0.25, 0.3) is 0 Å². The fourth-order valence-electron chi connectivity index (χ4n) is 1.83. The minimum Gasteiger partial charge on any atom is -0.380 e. The van der Waals surface area contributed by atoms with Crippen molar-refractivity contribution < 1.29 is 8.42 Å². The predicted molar refractivity (Wildman–Crippen MR) is 83.9 cm³/mol. The van der Waals surface area contributed by atoms with Gasteiger partial charge >= 0.3 is 0 Å². The van der Waals surface area contributed by atoms with E-state index in [-0.39, 0.29) is 9.92 Å². The summed E-state index contributed by atoms with van der Waals surface area (Å²) in [4.78, 5) is 4.20. The Bertz CT molecular complexity index is 776. The highest BCUT2D eigenvalue weighted by molar-refractivity contribution is 7.89. The zero-order chi connectivity index (χ0) is 15.6. The molecule has 2 rings (SSSR count). The number of rotatable bonds is 4. The van der Waals surface area contributed by atoms with Crippen molar-refractivity contribution in [1.82, 2.24) is 4.98 Å². The SMILES string of the molecule is Cc1cc(NCc2ccc(S(N)(=O)=O)c(Cl)c2)cnc1C. The van der Waals surface area contributed by atoms with Crippen LogP contribution in [0.5, 0.6) is 0 Å². The molecule has 0 saturated heterocycles. The van der Waals surface area contributed by atoms with Gasteiger partial charge in [0.05, 0.1) is 16.9 Å². The number of nitrogens with one attached hydrogen (secondary N) is 1. The minimum atomic E-state index is -3.79. The van der Waals surface area contributed by atoms with Crippen LogP contribution in [0.1, 0.15) is 16.8 Å². The van der Waals surface area contributed by atoms with E-state index in [1.165, 1.54) is 6.07 Å². The minimum absolute atomic E-state index is 0.0687. The van der Waals surface area contributed by atoms with Crippen LogP contribution in [-0.2, 0) is 16.6 Å². The van der Waals surface area contributed by atoms with Crippen molar-refractivity contribution in [2.75, 3.05) is 5.32 Å². The van der Waals surface area contributed by atoms with E-state index in [1.807, 2.05) is 19.9 Å². The summed E-state index contributed by atoms with van der Waals surface area (Å²) in [6, 6.07) is 6.67. The normalized spacial score (nSPS) is 11.4. The largest absolute Gasteiger partial charge is 0.380 e. The highest BCUT2D eigenvalue weighted by Crippen LogP contribution is 2.22. The van der Waals surface area contributed by atoms with Crippen molar-refractivity contribution >= 4 is 27.3 Å². The molecule has 3 N–H and O–H groups in total. The Morgan fingerprint density at radius 3 is 2.57 bits per heavy atom. The number of anilines is 1. The number of primary sulfonamides is 1. The molecule has 0 spiro atoms. The fourth-order valence-corrected chi connectivity index (χ4v) is 2.94. The summed E-state index contributed by atoms with van der Waals surface area (Å²) in [6.45, 7) is 4.45. The third-order valence-electron chi connectivity index (χ3n) is 3.14. The average Bonchev–Trinajstić information content (AvgIpc) is 2.39. The lowest BCUT2D eigenvalue weighted by atomic mass is 10.2. The number of halogens is 1. The smallest absolute Gasteiger partial charge is 0.239 e. The Hall–Kier alpha value is -1.63. The lowest BCUT2D eigenvalue weighted by molar-refractivity contribution is 0.598. The maximum atomic E-state index is 11.3. The monoisotopic (exact) mass is 325 g/mol. The number of sulfonamides is 1. The molecule has 0 fully saturated rings. The number of benzene rings is 1. The van der Waals surface area contributed by atoms with E-state index in [0.717, 1.165) is 22.5 Å². The van der Waals surface area contributed by atoms with E-state index >= 15 is 0 Å². The first-order valence-corrected chi connectivity index (χ1v) is 8.18. The van der Waals surface area contributed by atoms with Crippen molar-refractivity contribution in [3.63, 3.8) is 0 Å². The predicted octanol–water partition coefficient (Wildman–Crippen LogP) is 2.61. The average molecular weight is 326 g/mol. The van der Waals surface area contributed by atoms with Gasteiger partial charge in [-0.05, 0) is 43.2 Å². The lowest BCUT2D eigenvalue weighted by Gasteiger charge is -2.09. The van der Waals surface area contributed by atoms with Gasteiger partial charge in [0.25, 0.3) is 0 Å². The summed E-state index contributed by atoms with van der Waals surface area (Å²) in [6.07, 6.45) is 1.75. The molecule has 0 atom stereocenters. The van der Waals surface area contributed by atoms with Crippen molar-refractivity contribution in [3.05, 3.63) is 52.3 Å². The van der Waals surface area contributed by atoms with Gasteiger partial charge in [-0.25, -0.2) is 13.6 Å². The van der Waals surface area contributed by atoms with Crippen LogP contribution in [0.4, 0.5) is 5.69 Å². The number of pyridine rings is 1. The van der Waals surface area contributed by atoms with Crippen molar-refractivity contribution in [1.29, 1.82) is 0 Å². The summed E-state index contributed by atoms with van der Waals surface area (Å²) < 4.78 is 22.6. The molecule has 1 heterocycles. The molecule has 0 unspecified atom stereocenters. The van der Waals surface area contributed by atoms with Crippen LogP contribution in [0.15, 0.2) is 35.4 Å². The second-order valence-corrected chi connectivity index (χ2v) is 6.73. The number of nitrogens with zero attached hydrogens (tertiary/aromatic N) is 1. The van der Waals surface area contributed by atoms with Crippen molar-refractivity contribution in [2.24, 2.45) is 5.14 Å². The summed E-state index contributed by atoms with van der Waals surface area (Å²) in [7, 11) is -3.79. The number of hydrogen-bond acceptors (Lipinski definition) is 4. The van der Waals surface area contributed by atoms with Crippen LogP contribution in [-0.4, -0.2) is 13.4 Å². The molecular weight excluding hydrogens is 310 g/mol. The zero-order valence-corrected chi connectivity index (χ0v) is 13.3. The van der Waals surface area contributed by atoms with Gasteiger partial charge in [-0.2, -0.15) is 0 Å². The van der Waals surface area contributed by atoms with Crippen LogP contribution in [0.2, 0.25) is 5.02 Å². The summed E-state index contributed by atoms with van der Waals surface area (Å²) in [5.74, 6) is 0. The van der Waals surface area contributed by atoms with E-state index in [9.17, 15) is 8.42 Å².